The molecule has 0 aliphatic heterocycles. The molecule has 2 N–H and O–H groups in total. The van der Waals surface area contributed by atoms with E-state index in [1.807, 2.05) is 0 Å². The maximum absolute atomic E-state index is 10.5. The van der Waals surface area contributed by atoms with Gasteiger partial charge in [0, 0.05) is 0 Å². The molecule has 0 aliphatic carbocycles. The van der Waals surface area contributed by atoms with E-state index in [0.717, 1.165) is 0 Å². The zero-order valence-corrected chi connectivity index (χ0v) is 5.95. The molecule has 0 saturated heterocycles. The van der Waals surface area contributed by atoms with E-state index in [1.54, 1.807) is 0 Å². The van der Waals surface area contributed by atoms with Gasteiger partial charge in [-0.05, 0) is 0 Å². The number of aliphatic hydroxyl groups is 1. The Morgan fingerprint density at radius 3 is 2.25 bits per heavy atom. The molecule has 0 saturated carbocycles. The third kappa shape index (κ3) is 9.90. The molecule has 0 heterocycles. The fraction of sp³-hybridized carbons (Fsp3) is 0.667. The zero-order chi connectivity index (χ0) is 8.69. The number of ether oxygens (including phenoxy) is 1. The first kappa shape index (κ1) is 14.4. The summed E-state index contributed by atoms with van der Waals surface area (Å²) in [4.78, 5) is 20.4. The van der Waals surface area contributed by atoms with Gasteiger partial charge < -0.3 is 14.9 Å². The van der Waals surface area contributed by atoms with Gasteiger partial charge in [-0.25, -0.2) is 0 Å². The van der Waals surface area contributed by atoms with Crippen LogP contribution in [0.4, 0.5) is 0 Å². The van der Waals surface area contributed by atoms with Crippen LogP contribution in [0, 0.1) is 0 Å². The Bertz CT molecular complexity index is 147. The monoisotopic (exact) mass is 186 g/mol. The second-order valence-electron chi connectivity index (χ2n) is 1.84. The van der Waals surface area contributed by atoms with E-state index in [2.05, 4.69) is 4.74 Å². The molecule has 0 rings (SSSR count). The number of carbonyl (C=O) groups excluding carboxylic acids is 1. The van der Waals surface area contributed by atoms with Crippen LogP contribution in [-0.2, 0) is 14.3 Å². The van der Waals surface area contributed by atoms with Crippen LogP contribution in [0.2, 0.25) is 0 Å². The number of carbonyl (C=O) groups is 2. The van der Waals surface area contributed by atoms with E-state index in [9.17, 15) is 9.59 Å². The molecule has 5 nitrogen and oxygen atoms in total. The average molecular weight is 186 g/mol. The Labute approximate surface area is 92.0 Å². The molecule has 0 amide bonds. The summed E-state index contributed by atoms with van der Waals surface area (Å²) in [6.07, 6.45) is -0.375. The predicted molar refractivity (Wildman–Crippen MR) is 42.1 cm³/mol. The Morgan fingerprint density at radius 1 is 1.25 bits per heavy atom. The molecule has 0 bridgehead atoms. The van der Waals surface area contributed by atoms with E-state index in [1.165, 1.54) is 0 Å². The maximum atomic E-state index is 10.5. The summed E-state index contributed by atoms with van der Waals surface area (Å²) in [5.41, 5.74) is 0. The number of carboxylic acids is 1. The van der Waals surface area contributed by atoms with Crippen LogP contribution in [-0.4, -0.2) is 64.9 Å². The first-order chi connectivity index (χ1) is 5.16. The van der Waals surface area contributed by atoms with Crippen molar-refractivity contribution in [1.29, 1.82) is 0 Å². The third-order valence-corrected chi connectivity index (χ3v) is 0.897. The molecule has 0 fully saturated rings. The molecule has 0 radical (unpaired) electrons. The van der Waals surface area contributed by atoms with Crippen molar-refractivity contribution in [2.24, 2.45) is 0 Å². The van der Waals surface area contributed by atoms with E-state index in [0.29, 0.717) is 0 Å². The summed E-state index contributed by atoms with van der Waals surface area (Å²) in [7, 11) is 0. The number of aliphatic hydroxyl groups excluding tert-OH is 1. The van der Waals surface area contributed by atoms with Crippen LogP contribution in [0.25, 0.3) is 0 Å². The zero-order valence-electron chi connectivity index (χ0n) is 5.95. The summed E-state index contributed by atoms with van der Waals surface area (Å²) >= 11 is 0. The normalized spacial score (nSPS) is 8.42. The second-order valence-corrected chi connectivity index (χ2v) is 1.84. The van der Waals surface area contributed by atoms with Crippen LogP contribution in [0.1, 0.15) is 12.8 Å². The summed E-state index contributed by atoms with van der Waals surface area (Å²) < 4.78 is 4.39. The molecule has 0 aromatic rings. The molecular formula is C6H11NaO5. The number of aliphatic carboxylic acids is 1. The fourth-order valence-corrected chi connectivity index (χ4v) is 0.441. The predicted octanol–water partition coefficient (Wildman–Crippen LogP) is -1.26. The van der Waals surface area contributed by atoms with Crippen LogP contribution < -0.4 is 0 Å². The van der Waals surface area contributed by atoms with E-state index in [-0.39, 0.29) is 55.6 Å². The van der Waals surface area contributed by atoms with E-state index >= 15 is 0 Å². The molecule has 0 aromatic carbocycles. The number of hydrogen-bond acceptors (Lipinski definition) is 4. The average Bonchev–Trinajstić information content (AvgIpc) is 1.97. The summed E-state index contributed by atoms with van der Waals surface area (Å²) in [6, 6.07) is 0. The van der Waals surface area contributed by atoms with Crippen LogP contribution in [0.3, 0.4) is 0 Å². The van der Waals surface area contributed by atoms with Crippen molar-refractivity contribution < 1.29 is 24.5 Å². The number of hydrogen-bond donors (Lipinski definition) is 2. The van der Waals surface area contributed by atoms with Crippen molar-refractivity contribution in [3.63, 3.8) is 0 Å². The fourth-order valence-electron chi connectivity index (χ4n) is 0.441. The van der Waals surface area contributed by atoms with Crippen molar-refractivity contribution in [2.45, 2.75) is 12.8 Å². The third-order valence-electron chi connectivity index (χ3n) is 0.897. The second kappa shape index (κ2) is 8.99. The van der Waals surface area contributed by atoms with Gasteiger partial charge in [-0.1, -0.05) is 0 Å². The van der Waals surface area contributed by atoms with Gasteiger partial charge in [0.25, 0.3) is 0 Å². The van der Waals surface area contributed by atoms with E-state index < -0.39 is 11.9 Å². The van der Waals surface area contributed by atoms with Gasteiger partial charge >= 0.3 is 41.5 Å². The Balaban J connectivity index is 0. The molecule has 0 aromatic heterocycles. The molecular weight excluding hydrogens is 175 g/mol. The number of esters is 1. The Hall–Kier alpha value is -0.100. The van der Waals surface area contributed by atoms with Crippen molar-refractivity contribution >= 4 is 41.5 Å². The van der Waals surface area contributed by atoms with Crippen molar-refractivity contribution in [2.75, 3.05) is 13.2 Å². The Morgan fingerprint density at radius 2 is 1.83 bits per heavy atom. The molecule has 6 heteroatoms. The standard InChI is InChI=1S/C6H10O5.Na.H/c7-3-4-11-6(10)2-1-5(8)9;;/h7H,1-4H2,(H,8,9);;. The summed E-state index contributed by atoms with van der Waals surface area (Å²) in [5.74, 6) is -1.63. The summed E-state index contributed by atoms with van der Waals surface area (Å²) in [6.45, 7) is -0.308. The molecule has 0 aliphatic rings. The van der Waals surface area contributed by atoms with Gasteiger partial charge in [-0.2, -0.15) is 0 Å². The first-order valence-corrected chi connectivity index (χ1v) is 3.15. The van der Waals surface area contributed by atoms with Gasteiger partial charge in [-0.15, -0.1) is 0 Å². The minimum atomic E-state index is -1.04. The topological polar surface area (TPSA) is 83.8 Å². The van der Waals surface area contributed by atoms with E-state index in [4.69, 9.17) is 10.2 Å². The van der Waals surface area contributed by atoms with Crippen LogP contribution in [0.5, 0.6) is 0 Å². The SMILES string of the molecule is O=C(O)CCC(=O)OCCO.[NaH]. The number of carboxylic acid groups (broad SMARTS) is 1. The van der Waals surface area contributed by atoms with Crippen LogP contribution >= 0.6 is 0 Å². The Kier molecular flexibility index (Phi) is 10.8. The number of rotatable bonds is 5. The molecule has 0 spiro atoms. The van der Waals surface area contributed by atoms with Gasteiger partial charge in [0.05, 0.1) is 19.4 Å². The van der Waals surface area contributed by atoms with Crippen molar-refractivity contribution in [3.05, 3.63) is 0 Å². The first-order valence-electron chi connectivity index (χ1n) is 3.15. The van der Waals surface area contributed by atoms with Crippen molar-refractivity contribution in [3.8, 4) is 0 Å². The summed E-state index contributed by atoms with van der Waals surface area (Å²) in [5, 5.41) is 16.3. The van der Waals surface area contributed by atoms with Gasteiger partial charge in [0.1, 0.15) is 6.61 Å². The molecule has 12 heavy (non-hydrogen) atoms. The molecule has 0 unspecified atom stereocenters. The van der Waals surface area contributed by atoms with Gasteiger partial charge in [-0.3, -0.25) is 9.59 Å². The molecule has 66 valence electrons. The molecule has 0 atom stereocenters. The van der Waals surface area contributed by atoms with Gasteiger partial charge in [0.15, 0.2) is 0 Å². The quantitative estimate of drug-likeness (QED) is 0.413. The van der Waals surface area contributed by atoms with Gasteiger partial charge in [0.2, 0.25) is 0 Å². The minimum absolute atomic E-state index is 0. The van der Waals surface area contributed by atoms with Crippen molar-refractivity contribution in [1.82, 2.24) is 0 Å². The van der Waals surface area contributed by atoms with Crippen LogP contribution in [0.15, 0.2) is 0 Å².